The number of nitrogens with one attached hydrogen (secondary N) is 3. The molecule has 1 aromatic rings. The highest BCUT2D eigenvalue weighted by Crippen LogP contribution is 2.34. The van der Waals surface area contributed by atoms with Crippen LogP contribution in [0.15, 0.2) is 26.0 Å². The van der Waals surface area contributed by atoms with Crippen LogP contribution in [-0.4, -0.2) is 32.3 Å². The number of hydrazone groups is 1. The van der Waals surface area contributed by atoms with Crippen LogP contribution in [0.3, 0.4) is 0 Å². The number of Topliss-reactive ketones (excluding diaryl/α,β-unsaturated/α-hetero) is 1. The Kier molecular flexibility index (Phi) is 3.74. The molecule has 0 aliphatic heterocycles. The molecule has 9 nitrogen and oxygen atoms in total. The van der Waals surface area contributed by atoms with Crippen LogP contribution in [0.25, 0.3) is 0 Å². The summed E-state index contributed by atoms with van der Waals surface area (Å²) >= 11 is 0. The Bertz CT molecular complexity index is 741. The van der Waals surface area contributed by atoms with Crippen molar-refractivity contribution in [3.05, 3.63) is 32.2 Å². The molecule has 0 radical (unpaired) electrons. The number of H-pyrrole nitrogens is 2. The van der Waals surface area contributed by atoms with E-state index in [1.54, 1.807) is 0 Å². The van der Waals surface area contributed by atoms with Gasteiger partial charge in [0.05, 0.1) is 11.8 Å². The van der Waals surface area contributed by atoms with Gasteiger partial charge in [0.15, 0.2) is 5.78 Å². The third-order valence-electron chi connectivity index (χ3n) is 2.97. The first kappa shape index (κ1) is 14.7. The topological polar surface area (TPSA) is 140 Å². The number of nitrogens with zero attached hydrogens (tertiary/aromatic N) is 2. The minimum absolute atomic E-state index is 0.0369. The molecule has 0 fully saturated rings. The van der Waals surface area contributed by atoms with Crippen molar-refractivity contribution in [2.24, 2.45) is 10.5 Å². The van der Waals surface area contributed by atoms with Gasteiger partial charge in [0, 0.05) is 12.8 Å². The molecule has 1 heterocycles. The van der Waals surface area contributed by atoms with Crippen molar-refractivity contribution in [1.82, 2.24) is 15.2 Å². The number of hydrogen-bond acceptors (Lipinski definition) is 7. The highest BCUT2D eigenvalue weighted by Gasteiger charge is 2.32. The zero-order chi connectivity index (χ0) is 15.6. The lowest BCUT2D eigenvalue weighted by Gasteiger charge is -2.28. The Morgan fingerprint density at radius 2 is 2.05 bits per heavy atom. The van der Waals surface area contributed by atoms with Gasteiger partial charge in [0.1, 0.15) is 5.76 Å². The van der Waals surface area contributed by atoms with E-state index in [9.17, 15) is 19.5 Å². The lowest BCUT2D eigenvalue weighted by Crippen LogP contribution is -2.27. The van der Waals surface area contributed by atoms with Crippen LogP contribution in [0.2, 0.25) is 0 Å². The van der Waals surface area contributed by atoms with Gasteiger partial charge >= 0.3 is 5.69 Å². The summed E-state index contributed by atoms with van der Waals surface area (Å²) in [4.78, 5) is 36.0. The van der Waals surface area contributed by atoms with Crippen LogP contribution in [-0.2, 0) is 4.79 Å². The van der Waals surface area contributed by atoms with E-state index in [0.717, 1.165) is 6.21 Å². The van der Waals surface area contributed by atoms with Crippen LogP contribution in [0, 0.1) is 5.41 Å². The average Bonchev–Trinajstić information content (AvgIpc) is 2.33. The number of carbonyl (C=O) groups excluding carboxylic acids is 1. The first-order valence-corrected chi connectivity index (χ1v) is 6.22. The summed E-state index contributed by atoms with van der Waals surface area (Å²) in [7, 11) is 0. The molecule has 21 heavy (non-hydrogen) atoms. The molecule has 0 aromatic carbocycles. The van der Waals surface area contributed by atoms with E-state index in [1.807, 2.05) is 23.9 Å². The predicted octanol–water partition coefficient (Wildman–Crippen LogP) is 0.0571. The van der Waals surface area contributed by atoms with Gasteiger partial charge in [-0.25, -0.2) is 9.89 Å². The molecular weight excluding hydrogens is 278 g/mol. The number of rotatable bonds is 3. The van der Waals surface area contributed by atoms with E-state index in [1.165, 1.54) is 0 Å². The molecule has 112 valence electrons. The molecule has 0 unspecified atom stereocenters. The molecule has 0 amide bonds. The molecular formula is C12H15N5O4. The first-order valence-electron chi connectivity index (χ1n) is 6.22. The fourth-order valence-corrected chi connectivity index (χ4v) is 2.03. The number of allylic oxidation sites excluding steroid dienone is 2. The van der Waals surface area contributed by atoms with Crippen LogP contribution in [0.4, 0.5) is 5.82 Å². The molecule has 0 saturated heterocycles. The fourth-order valence-electron chi connectivity index (χ4n) is 2.03. The van der Waals surface area contributed by atoms with Crippen molar-refractivity contribution in [2.45, 2.75) is 26.7 Å². The summed E-state index contributed by atoms with van der Waals surface area (Å²) in [5.74, 6) is -0.489. The van der Waals surface area contributed by atoms with Crippen molar-refractivity contribution in [1.29, 1.82) is 0 Å². The summed E-state index contributed by atoms with van der Waals surface area (Å²) in [5, 5.41) is 19.0. The summed E-state index contributed by atoms with van der Waals surface area (Å²) in [5.41, 5.74) is 0.626. The monoisotopic (exact) mass is 293 g/mol. The molecule has 1 aromatic heterocycles. The van der Waals surface area contributed by atoms with E-state index in [-0.39, 0.29) is 28.3 Å². The molecule has 9 heteroatoms. The SMILES string of the molecule is CC1(C)CC(=O)C(/C=N\Nc2n[nH]c(=O)[nH]c2=O)=C(O)C1. The normalized spacial score (nSPS) is 18.3. The summed E-state index contributed by atoms with van der Waals surface area (Å²) in [6, 6.07) is 0. The number of ketones is 1. The molecule has 4 N–H and O–H groups in total. The standard InChI is InChI=1S/C12H15N5O4/c1-12(2)3-7(18)6(8(19)4-12)5-13-15-9-10(20)14-11(21)17-16-9/h5,18H,3-4H2,1-2H3,(H,15,16)(H2,14,17,20,21)/b13-5-. The molecule has 1 aliphatic rings. The average molecular weight is 293 g/mol. The zero-order valence-electron chi connectivity index (χ0n) is 11.6. The molecule has 1 aliphatic carbocycles. The number of aromatic nitrogens is 3. The summed E-state index contributed by atoms with van der Waals surface area (Å²) in [6.07, 6.45) is 1.81. The van der Waals surface area contributed by atoms with Gasteiger partial charge in [-0.05, 0) is 5.41 Å². The van der Waals surface area contributed by atoms with Crippen molar-refractivity contribution < 1.29 is 9.90 Å². The van der Waals surface area contributed by atoms with E-state index in [2.05, 4.69) is 15.6 Å². The van der Waals surface area contributed by atoms with Crippen molar-refractivity contribution in [2.75, 3.05) is 5.43 Å². The largest absolute Gasteiger partial charge is 0.511 e. The minimum Gasteiger partial charge on any atom is -0.511 e. The zero-order valence-corrected chi connectivity index (χ0v) is 11.6. The summed E-state index contributed by atoms with van der Waals surface area (Å²) in [6.45, 7) is 3.77. The van der Waals surface area contributed by atoms with E-state index in [4.69, 9.17) is 0 Å². The van der Waals surface area contributed by atoms with Gasteiger partial charge in [-0.2, -0.15) is 5.10 Å². The first-order chi connectivity index (χ1) is 9.78. The maximum absolute atomic E-state index is 11.9. The van der Waals surface area contributed by atoms with Crippen LogP contribution in [0.1, 0.15) is 26.7 Å². The van der Waals surface area contributed by atoms with Crippen molar-refractivity contribution >= 4 is 17.8 Å². The third-order valence-corrected chi connectivity index (χ3v) is 2.97. The lowest BCUT2D eigenvalue weighted by molar-refractivity contribution is -0.117. The quantitative estimate of drug-likeness (QED) is 0.458. The minimum atomic E-state index is -0.745. The van der Waals surface area contributed by atoms with Crippen LogP contribution < -0.4 is 16.7 Å². The van der Waals surface area contributed by atoms with Crippen LogP contribution >= 0.6 is 0 Å². The lowest BCUT2D eigenvalue weighted by atomic mass is 9.77. The predicted molar refractivity (Wildman–Crippen MR) is 75.3 cm³/mol. The molecule has 2 rings (SSSR count). The Labute approximate surface area is 118 Å². The third kappa shape index (κ3) is 3.44. The molecule has 0 bridgehead atoms. The Hall–Kier alpha value is -2.71. The fraction of sp³-hybridized carbons (Fsp3) is 0.417. The Morgan fingerprint density at radius 1 is 1.33 bits per heavy atom. The number of hydrogen-bond donors (Lipinski definition) is 4. The van der Waals surface area contributed by atoms with Gasteiger partial charge < -0.3 is 5.11 Å². The maximum Gasteiger partial charge on any atom is 0.342 e. The second-order valence-electron chi connectivity index (χ2n) is 5.53. The Balaban J connectivity index is 2.16. The van der Waals surface area contributed by atoms with Crippen molar-refractivity contribution in [3.63, 3.8) is 0 Å². The molecule has 0 spiro atoms. The Morgan fingerprint density at radius 3 is 2.67 bits per heavy atom. The number of anilines is 1. The van der Waals surface area contributed by atoms with Gasteiger partial charge in [-0.1, -0.05) is 13.8 Å². The second-order valence-corrected chi connectivity index (χ2v) is 5.53. The number of carbonyl (C=O) groups is 1. The van der Waals surface area contributed by atoms with Gasteiger partial charge in [0.2, 0.25) is 5.82 Å². The highest BCUT2D eigenvalue weighted by atomic mass is 16.3. The van der Waals surface area contributed by atoms with E-state index < -0.39 is 11.2 Å². The molecule has 0 saturated carbocycles. The highest BCUT2D eigenvalue weighted by molar-refractivity contribution is 6.14. The van der Waals surface area contributed by atoms with Gasteiger partial charge in [-0.15, -0.1) is 5.10 Å². The van der Waals surface area contributed by atoms with E-state index >= 15 is 0 Å². The number of aliphatic hydroxyl groups is 1. The smallest absolute Gasteiger partial charge is 0.342 e. The number of aromatic amines is 2. The van der Waals surface area contributed by atoms with Gasteiger partial charge in [0.25, 0.3) is 5.56 Å². The second kappa shape index (κ2) is 5.35. The van der Waals surface area contributed by atoms with E-state index in [0.29, 0.717) is 12.8 Å². The van der Waals surface area contributed by atoms with Crippen molar-refractivity contribution in [3.8, 4) is 0 Å². The summed E-state index contributed by atoms with van der Waals surface area (Å²) < 4.78 is 0. The molecule has 0 atom stereocenters. The maximum atomic E-state index is 11.9. The number of aliphatic hydroxyl groups excluding tert-OH is 1. The van der Waals surface area contributed by atoms with Gasteiger partial charge in [-0.3, -0.25) is 20.0 Å². The van der Waals surface area contributed by atoms with Crippen LogP contribution in [0.5, 0.6) is 0 Å².